The quantitative estimate of drug-likeness (QED) is 0.672. The van der Waals surface area contributed by atoms with E-state index in [0.717, 1.165) is 22.0 Å². The van der Waals surface area contributed by atoms with Gasteiger partial charge in [-0.25, -0.2) is 4.98 Å². The maximum absolute atomic E-state index is 12.2. The van der Waals surface area contributed by atoms with Crippen LogP contribution in [-0.4, -0.2) is 28.0 Å². The van der Waals surface area contributed by atoms with Crippen molar-refractivity contribution in [3.05, 3.63) is 65.7 Å². The van der Waals surface area contributed by atoms with Gasteiger partial charge in [0, 0.05) is 27.4 Å². The van der Waals surface area contributed by atoms with E-state index in [-0.39, 0.29) is 17.4 Å². The Hall–Kier alpha value is -2.51. The number of amides is 1. The molecule has 2 aromatic carbocycles. The summed E-state index contributed by atoms with van der Waals surface area (Å²) in [6, 6.07) is 16.8. The number of aromatic nitrogens is 1. The average molecular weight is 386 g/mol. The number of nitrogens with one attached hydrogen (secondary N) is 1. The summed E-state index contributed by atoms with van der Waals surface area (Å²) in [5.41, 5.74) is 2.41. The first-order valence-electron chi connectivity index (χ1n) is 7.93. The molecule has 26 heavy (non-hydrogen) atoms. The summed E-state index contributed by atoms with van der Waals surface area (Å²) in [7, 11) is 0.314. The Morgan fingerprint density at radius 3 is 2.58 bits per heavy atom. The third kappa shape index (κ3) is 5.00. The van der Waals surface area contributed by atoms with Gasteiger partial charge in [-0.05, 0) is 36.4 Å². The lowest BCUT2D eigenvalue weighted by Crippen LogP contribution is -2.20. The predicted octanol–water partition coefficient (Wildman–Crippen LogP) is 3.71. The number of para-hydroxylation sites is 1. The Bertz CT molecular complexity index is 893. The van der Waals surface area contributed by atoms with Gasteiger partial charge in [-0.15, -0.1) is 11.3 Å². The van der Waals surface area contributed by atoms with Crippen molar-refractivity contribution in [1.82, 2.24) is 4.98 Å². The molecule has 0 bridgehead atoms. The number of methoxy groups -OCH3 is 1. The summed E-state index contributed by atoms with van der Waals surface area (Å²) in [5.74, 6) is 0.732. The highest BCUT2D eigenvalue weighted by Gasteiger charge is 2.12. The molecule has 1 heterocycles. The van der Waals surface area contributed by atoms with E-state index in [9.17, 15) is 9.00 Å². The van der Waals surface area contributed by atoms with Crippen molar-refractivity contribution in [1.29, 1.82) is 0 Å². The highest BCUT2D eigenvalue weighted by molar-refractivity contribution is 7.84. The fourth-order valence-electron chi connectivity index (χ4n) is 2.32. The van der Waals surface area contributed by atoms with Crippen LogP contribution in [0.5, 0.6) is 5.75 Å². The Kier molecular flexibility index (Phi) is 6.14. The van der Waals surface area contributed by atoms with Gasteiger partial charge in [0.15, 0.2) is 0 Å². The topological polar surface area (TPSA) is 68.3 Å². The molecule has 0 saturated carbocycles. The number of hydrogen-bond acceptors (Lipinski definition) is 5. The molecule has 0 aliphatic heterocycles. The molecule has 3 rings (SSSR count). The minimum absolute atomic E-state index is 0.0513. The molecule has 0 aliphatic carbocycles. The first-order chi connectivity index (χ1) is 12.6. The molecule has 1 aromatic heterocycles. The van der Waals surface area contributed by atoms with Crippen molar-refractivity contribution >= 4 is 33.7 Å². The second-order valence-electron chi connectivity index (χ2n) is 5.52. The molecule has 0 saturated heterocycles. The number of hydrogen-bond donors (Lipinski definition) is 1. The smallest absolute Gasteiger partial charge is 0.237 e. The molecule has 1 amide bonds. The summed E-state index contributed by atoms with van der Waals surface area (Å²) in [6.45, 7) is 0. The van der Waals surface area contributed by atoms with Gasteiger partial charge in [-0.2, -0.15) is 0 Å². The zero-order chi connectivity index (χ0) is 18.4. The molecule has 0 spiro atoms. The zero-order valence-electron chi connectivity index (χ0n) is 14.2. The molecular weight excluding hydrogens is 368 g/mol. The van der Waals surface area contributed by atoms with Crippen LogP contribution < -0.4 is 10.1 Å². The molecule has 1 atom stereocenters. The van der Waals surface area contributed by atoms with E-state index in [1.807, 2.05) is 47.8 Å². The number of benzene rings is 2. The van der Waals surface area contributed by atoms with Crippen LogP contribution in [-0.2, 0) is 21.3 Å². The second kappa shape index (κ2) is 8.73. The van der Waals surface area contributed by atoms with Gasteiger partial charge in [-0.3, -0.25) is 9.00 Å². The van der Waals surface area contributed by atoms with E-state index in [1.54, 1.807) is 19.2 Å². The van der Waals surface area contributed by atoms with Gasteiger partial charge < -0.3 is 10.1 Å². The van der Waals surface area contributed by atoms with Crippen LogP contribution in [0.15, 0.2) is 60.0 Å². The predicted molar refractivity (Wildman–Crippen MR) is 106 cm³/mol. The lowest BCUT2D eigenvalue weighted by Gasteiger charge is -2.04. The van der Waals surface area contributed by atoms with Crippen molar-refractivity contribution < 1.29 is 13.7 Å². The number of carbonyl (C=O) groups is 1. The average Bonchev–Trinajstić information content (AvgIpc) is 3.10. The normalized spacial score (nSPS) is 11.7. The highest BCUT2D eigenvalue weighted by atomic mass is 32.2. The molecule has 5 nitrogen and oxygen atoms in total. The van der Waals surface area contributed by atoms with E-state index >= 15 is 0 Å². The van der Waals surface area contributed by atoms with Crippen molar-refractivity contribution in [2.45, 2.75) is 5.75 Å². The number of nitrogens with zero attached hydrogens (tertiary/aromatic N) is 1. The van der Waals surface area contributed by atoms with Crippen LogP contribution >= 0.6 is 11.3 Å². The number of thiazole rings is 1. The van der Waals surface area contributed by atoms with Gasteiger partial charge in [0.2, 0.25) is 5.91 Å². The molecular formula is C19H18N2O3S2. The fraction of sp³-hybridized carbons (Fsp3) is 0.158. The second-order valence-corrected chi connectivity index (χ2v) is 7.83. The van der Waals surface area contributed by atoms with Crippen LogP contribution in [0.25, 0.3) is 10.6 Å². The fourth-order valence-corrected chi connectivity index (χ4v) is 4.20. The first-order valence-corrected chi connectivity index (χ1v) is 10.3. The molecule has 134 valence electrons. The molecule has 1 N–H and O–H groups in total. The van der Waals surface area contributed by atoms with Gasteiger partial charge in [0.25, 0.3) is 0 Å². The summed E-state index contributed by atoms with van der Waals surface area (Å²) in [4.78, 5) is 16.5. The van der Waals surface area contributed by atoms with Gasteiger partial charge in [-0.1, -0.05) is 18.2 Å². The lowest BCUT2D eigenvalue weighted by molar-refractivity contribution is -0.113. The van der Waals surface area contributed by atoms with E-state index < -0.39 is 10.8 Å². The standard InChI is InChI=1S/C19H18N2O3S2/c1-24-17-9-7-14(8-10-17)19-21-16(11-25-19)12-26(23)13-18(22)20-15-5-3-2-4-6-15/h2-11H,12-13H2,1H3,(H,20,22). The van der Waals surface area contributed by atoms with Crippen LogP contribution in [0.2, 0.25) is 0 Å². The zero-order valence-corrected chi connectivity index (χ0v) is 15.8. The maximum atomic E-state index is 12.2. The highest BCUT2D eigenvalue weighted by Crippen LogP contribution is 2.26. The summed E-state index contributed by atoms with van der Waals surface area (Å²) in [6.07, 6.45) is 0. The van der Waals surface area contributed by atoms with E-state index in [1.165, 1.54) is 11.3 Å². The monoisotopic (exact) mass is 386 g/mol. The van der Waals surface area contributed by atoms with Gasteiger partial charge in [0.1, 0.15) is 16.5 Å². The van der Waals surface area contributed by atoms with Crippen molar-refractivity contribution in [3.63, 3.8) is 0 Å². The van der Waals surface area contributed by atoms with Crippen molar-refractivity contribution in [2.24, 2.45) is 0 Å². The maximum Gasteiger partial charge on any atom is 0.237 e. The number of carbonyl (C=O) groups excluding carboxylic acids is 1. The van der Waals surface area contributed by atoms with E-state index in [0.29, 0.717) is 5.69 Å². The Labute approximate surface area is 158 Å². The van der Waals surface area contributed by atoms with Crippen molar-refractivity contribution in [3.8, 4) is 16.3 Å². The van der Waals surface area contributed by atoms with Crippen molar-refractivity contribution in [2.75, 3.05) is 18.2 Å². The minimum atomic E-state index is -1.31. The van der Waals surface area contributed by atoms with Crippen LogP contribution in [0.1, 0.15) is 5.69 Å². The van der Waals surface area contributed by atoms with E-state index in [4.69, 9.17) is 4.74 Å². The minimum Gasteiger partial charge on any atom is -0.497 e. The third-order valence-electron chi connectivity index (χ3n) is 3.55. The Morgan fingerprint density at radius 2 is 1.88 bits per heavy atom. The van der Waals surface area contributed by atoms with Crippen LogP contribution in [0, 0.1) is 0 Å². The number of anilines is 1. The molecule has 0 radical (unpaired) electrons. The third-order valence-corrected chi connectivity index (χ3v) is 5.69. The molecule has 0 aliphatic rings. The molecule has 7 heteroatoms. The summed E-state index contributed by atoms with van der Waals surface area (Å²) in [5, 5.41) is 5.48. The van der Waals surface area contributed by atoms with Gasteiger partial charge >= 0.3 is 0 Å². The summed E-state index contributed by atoms with van der Waals surface area (Å²) >= 11 is 1.49. The Morgan fingerprint density at radius 1 is 1.15 bits per heavy atom. The van der Waals surface area contributed by atoms with Crippen LogP contribution in [0.4, 0.5) is 5.69 Å². The largest absolute Gasteiger partial charge is 0.497 e. The van der Waals surface area contributed by atoms with Crippen LogP contribution in [0.3, 0.4) is 0 Å². The molecule has 3 aromatic rings. The SMILES string of the molecule is COc1ccc(-c2nc(CS(=O)CC(=O)Nc3ccccc3)cs2)cc1. The number of rotatable bonds is 7. The molecule has 1 unspecified atom stereocenters. The van der Waals surface area contributed by atoms with Gasteiger partial charge in [0.05, 0.1) is 18.6 Å². The van der Waals surface area contributed by atoms with E-state index in [2.05, 4.69) is 10.3 Å². The first kappa shape index (κ1) is 18.3. The number of ether oxygens (including phenoxy) is 1. The lowest BCUT2D eigenvalue weighted by atomic mass is 10.2. The summed E-state index contributed by atoms with van der Waals surface area (Å²) < 4.78 is 17.4. The Balaban J connectivity index is 1.56. The molecule has 0 fully saturated rings.